The summed E-state index contributed by atoms with van der Waals surface area (Å²) in [4.78, 5) is 14.4. The average Bonchev–Trinajstić information content (AvgIpc) is 2.66. The number of carbonyl (C=O) groups is 1. The maximum Gasteiger partial charge on any atom is 0.310 e. The lowest BCUT2D eigenvalue weighted by atomic mass is 9.76. The normalized spacial score (nSPS) is 36.9. The van der Waals surface area contributed by atoms with Crippen molar-refractivity contribution in [3.63, 3.8) is 0 Å². The molecule has 2 aliphatic heterocycles. The van der Waals surface area contributed by atoms with Crippen LogP contribution < -0.4 is 0 Å². The lowest BCUT2D eigenvalue weighted by molar-refractivity contribution is -0.151. The monoisotopic (exact) mass is 275 g/mol. The Balaban J connectivity index is 1.99. The first kappa shape index (κ1) is 13.6. The van der Waals surface area contributed by atoms with Gasteiger partial charge >= 0.3 is 5.97 Å². The van der Waals surface area contributed by atoms with Gasteiger partial charge in [-0.1, -0.05) is 30.3 Å². The fourth-order valence-electron chi connectivity index (χ4n) is 4.02. The van der Waals surface area contributed by atoms with Crippen molar-refractivity contribution in [1.82, 2.24) is 4.90 Å². The van der Waals surface area contributed by atoms with E-state index in [0.29, 0.717) is 6.04 Å². The highest BCUT2D eigenvalue weighted by molar-refractivity contribution is 5.75. The third kappa shape index (κ3) is 2.03. The number of hydrogen-bond donors (Lipinski definition) is 1. The van der Waals surface area contributed by atoms with Crippen LogP contribution in [0.2, 0.25) is 0 Å². The molecular weight excluding hydrogens is 254 g/mol. The van der Waals surface area contributed by atoms with Gasteiger partial charge in [0, 0.05) is 18.0 Å². The number of piperidine rings is 1. The fraction of sp³-hybridized carbons (Fsp3) is 0.562. The summed E-state index contributed by atoms with van der Waals surface area (Å²) in [6, 6.07) is 10.3. The maximum atomic E-state index is 12.3. The summed E-state index contributed by atoms with van der Waals surface area (Å²) in [5.41, 5.74) is 1.17. The second-order valence-electron chi connectivity index (χ2n) is 5.91. The smallest absolute Gasteiger partial charge is 0.310 e. The highest BCUT2D eigenvalue weighted by Crippen LogP contribution is 2.46. The largest absolute Gasteiger partial charge is 0.469 e. The lowest BCUT2D eigenvalue weighted by Gasteiger charge is -2.42. The molecule has 108 valence electrons. The molecule has 20 heavy (non-hydrogen) atoms. The van der Waals surface area contributed by atoms with Crippen molar-refractivity contribution in [3.8, 4) is 0 Å². The fourth-order valence-corrected chi connectivity index (χ4v) is 4.02. The molecule has 2 bridgehead atoms. The summed E-state index contributed by atoms with van der Waals surface area (Å²) >= 11 is 0. The molecule has 1 aromatic rings. The average molecular weight is 275 g/mol. The number of aliphatic hydroxyl groups is 1. The Labute approximate surface area is 119 Å². The zero-order chi connectivity index (χ0) is 14.3. The standard InChI is InChI=1S/C16H21NO3/c1-17-11-8-12(10-6-4-3-5-7-10)14(16(19)20-2)15(17)13(18)9-11/h3-7,11-15,18H,8-9H2,1-2H3/t11-,12+,13-,14+,15-/m1/s1. The van der Waals surface area contributed by atoms with E-state index in [1.54, 1.807) is 0 Å². The quantitative estimate of drug-likeness (QED) is 0.829. The summed E-state index contributed by atoms with van der Waals surface area (Å²) in [7, 11) is 3.43. The predicted octanol–water partition coefficient (Wildman–Crippen LogP) is 1.40. The molecule has 2 aliphatic rings. The lowest BCUT2D eigenvalue weighted by Crippen LogP contribution is -2.51. The number of aliphatic hydroxyl groups excluding tert-OH is 1. The van der Waals surface area contributed by atoms with Gasteiger partial charge in [0.1, 0.15) is 0 Å². The van der Waals surface area contributed by atoms with Gasteiger partial charge in [0.2, 0.25) is 0 Å². The van der Waals surface area contributed by atoms with Crippen LogP contribution in [0.5, 0.6) is 0 Å². The molecule has 4 nitrogen and oxygen atoms in total. The Kier molecular flexibility index (Phi) is 3.52. The molecule has 4 heteroatoms. The number of rotatable bonds is 2. The molecule has 1 aromatic carbocycles. The highest BCUT2D eigenvalue weighted by Gasteiger charge is 2.53. The van der Waals surface area contributed by atoms with E-state index >= 15 is 0 Å². The Bertz CT molecular complexity index is 490. The molecule has 1 N–H and O–H groups in total. The van der Waals surface area contributed by atoms with Gasteiger partial charge in [-0.05, 0) is 25.5 Å². The van der Waals surface area contributed by atoms with Crippen molar-refractivity contribution < 1.29 is 14.6 Å². The van der Waals surface area contributed by atoms with Crippen LogP contribution in [0.1, 0.15) is 24.3 Å². The summed E-state index contributed by atoms with van der Waals surface area (Å²) in [5, 5.41) is 10.3. The molecule has 0 aliphatic carbocycles. The molecule has 2 heterocycles. The van der Waals surface area contributed by atoms with Gasteiger partial charge < -0.3 is 9.84 Å². The molecule has 0 aromatic heterocycles. The number of nitrogens with zero attached hydrogens (tertiary/aromatic N) is 1. The zero-order valence-corrected chi connectivity index (χ0v) is 11.9. The van der Waals surface area contributed by atoms with Gasteiger partial charge in [0.05, 0.1) is 19.1 Å². The minimum atomic E-state index is -0.442. The van der Waals surface area contributed by atoms with Gasteiger partial charge in [-0.15, -0.1) is 0 Å². The molecular formula is C16H21NO3. The van der Waals surface area contributed by atoms with E-state index in [0.717, 1.165) is 12.8 Å². The van der Waals surface area contributed by atoms with Crippen LogP contribution >= 0.6 is 0 Å². The topological polar surface area (TPSA) is 49.8 Å². The van der Waals surface area contributed by atoms with Crippen molar-refractivity contribution in [3.05, 3.63) is 35.9 Å². The molecule has 3 rings (SSSR count). The molecule has 5 atom stereocenters. The second kappa shape index (κ2) is 5.19. The number of fused-ring (bicyclic) bond motifs is 2. The van der Waals surface area contributed by atoms with E-state index in [1.807, 2.05) is 25.2 Å². The van der Waals surface area contributed by atoms with Gasteiger partial charge in [0.15, 0.2) is 0 Å². The van der Waals surface area contributed by atoms with Crippen LogP contribution in [0.4, 0.5) is 0 Å². The van der Waals surface area contributed by atoms with Crippen LogP contribution in [-0.4, -0.2) is 48.3 Å². The number of benzene rings is 1. The van der Waals surface area contributed by atoms with E-state index in [-0.39, 0.29) is 23.8 Å². The first-order chi connectivity index (χ1) is 9.63. The molecule has 0 saturated carbocycles. The van der Waals surface area contributed by atoms with Gasteiger partial charge in [-0.25, -0.2) is 0 Å². The van der Waals surface area contributed by atoms with Crippen LogP contribution in [0, 0.1) is 5.92 Å². The molecule has 2 saturated heterocycles. The summed E-state index contributed by atoms with van der Waals surface area (Å²) in [6.45, 7) is 0. The van der Waals surface area contributed by atoms with Crippen LogP contribution in [-0.2, 0) is 9.53 Å². The van der Waals surface area contributed by atoms with Gasteiger partial charge in [-0.2, -0.15) is 0 Å². The van der Waals surface area contributed by atoms with Crippen LogP contribution in [0.3, 0.4) is 0 Å². The minimum Gasteiger partial charge on any atom is -0.469 e. The highest BCUT2D eigenvalue weighted by atomic mass is 16.5. The van der Waals surface area contributed by atoms with Crippen molar-refractivity contribution in [2.75, 3.05) is 14.2 Å². The van der Waals surface area contributed by atoms with Crippen LogP contribution in [0.15, 0.2) is 30.3 Å². The number of hydrogen-bond acceptors (Lipinski definition) is 4. The Morgan fingerprint density at radius 2 is 2.00 bits per heavy atom. The summed E-state index contributed by atoms with van der Waals surface area (Å²) in [5.74, 6) is -0.372. The van der Waals surface area contributed by atoms with Crippen molar-refractivity contribution in [2.45, 2.75) is 36.9 Å². The number of esters is 1. The van der Waals surface area contributed by atoms with Crippen molar-refractivity contribution in [2.24, 2.45) is 5.92 Å². The first-order valence-electron chi connectivity index (χ1n) is 7.16. The number of likely N-dealkylation sites (N-methyl/N-ethyl adjacent to an activating group) is 1. The Hall–Kier alpha value is -1.39. The molecule has 2 fully saturated rings. The number of ether oxygens (including phenoxy) is 1. The summed E-state index contributed by atoms with van der Waals surface area (Å²) in [6.07, 6.45) is 1.20. The van der Waals surface area contributed by atoms with E-state index < -0.39 is 6.10 Å². The van der Waals surface area contributed by atoms with Crippen molar-refractivity contribution in [1.29, 1.82) is 0 Å². The van der Waals surface area contributed by atoms with Gasteiger partial charge in [-0.3, -0.25) is 9.69 Å². The van der Waals surface area contributed by atoms with Gasteiger partial charge in [0.25, 0.3) is 0 Å². The third-order valence-corrected chi connectivity index (χ3v) is 4.98. The van der Waals surface area contributed by atoms with Crippen molar-refractivity contribution >= 4 is 5.97 Å². The molecule has 0 unspecified atom stereocenters. The number of carbonyl (C=O) groups excluding carboxylic acids is 1. The summed E-state index contributed by atoms with van der Waals surface area (Å²) < 4.78 is 5.01. The Morgan fingerprint density at radius 1 is 1.30 bits per heavy atom. The maximum absolute atomic E-state index is 12.3. The van der Waals surface area contributed by atoms with E-state index in [9.17, 15) is 9.90 Å². The minimum absolute atomic E-state index is 0.131. The third-order valence-electron chi connectivity index (χ3n) is 4.98. The first-order valence-corrected chi connectivity index (χ1v) is 7.16. The van der Waals surface area contributed by atoms with E-state index in [2.05, 4.69) is 17.0 Å². The predicted molar refractivity (Wildman–Crippen MR) is 75.3 cm³/mol. The van der Waals surface area contributed by atoms with Crippen LogP contribution in [0.25, 0.3) is 0 Å². The Morgan fingerprint density at radius 3 is 2.65 bits per heavy atom. The SMILES string of the molecule is COC(=O)[C@@H]1[C@H]2[C@H](O)C[C@@H](C[C@H]1c1ccccc1)N2C. The molecule has 0 radical (unpaired) electrons. The second-order valence-corrected chi connectivity index (χ2v) is 5.91. The van der Waals surface area contributed by atoms with E-state index in [1.165, 1.54) is 12.7 Å². The molecule has 0 amide bonds. The van der Waals surface area contributed by atoms with E-state index in [4.69, 9.17) is 4.74 Å². The zero-order valence-electron chi connectivity index (χ0n) is 11.9. The number of methoxy groups -OCH3 is 1. The molecule has 0 spiro atoms.